The Morgan fingerprint density at radius 2 is 1.95 bits per heavy atom. The van der Waals surface area contributed by atoms with Gasteiger partial charge in [0.15, 0.2) is 0 Å². The SMILES string of the molecule is CC1N=C(N(C)C)N(C)C(N(C)Cc2ccsc2)=N1. The zero-order chi connectivity index (χ0) is 14.0. The van der Waals surface area contributed by atoms with Gasteiger partial charge >= 0.3 is 0 Å². The molecule has 19 heavy (non-hydrogen) atoms. The van der Waals surface area contributed by atoms with Crippen molar-refractivity contribution in [3.8, 4) is 0 Å². The van der Waals surface area contributed by atoms with Crippen molar-refractivity contribution in [2.75, 3.05) is 28.2 Å². The van der Waals surface area contributed by atoms with Crippen molar-refractivity contribution in [1.29, 1.82) is 0 Å². The largest absolute Gasteiger partial charge is 0.349 e. The van der Waals surface area contributed by atoms with Crippen LogP contribution in [0.15, 0.2) is 26.8 Å². The zero-order valence-electron chi connectivity index (χ0n) is 12.2. The third kappa shape index (κ3) is 3.07. The van der Waals surface area contributed by atoms with Crippen LogP contribution in [0.5, 0.6) is 0 Å². The van der Waals surface area contributed by atoms with Gasteiger partial charge in [-0.2, -0.15) is 11.3 Å². The first kappa shape index (κ1) is 13.9. The maximum atomic E-state index is 4.63. The lowest BCUT2D eigenvalue weighted by molar-refractivity contribution is 0.405. The van der Waals surface area contributed by atoms with E-state index in [2.05, 4.69) is 38.8 Å². The first-order chi connectivity index (χ1) is 8.99. The summed E-state index contributed by atoms with van der Waals surface area (Å²) in [6.45, 7) is 2.87. The Morgan fingerprint density at radius 1 is 1.26 bits per heavy atom. The van der Waals surface area contributed by atoms with Crippen molar-refractivity contribution in [1.82, 2.24) is 14.7 Å². The van der Waals surface area contributed by atoms with E-state index in [1.165, 1.54) is 5.56 Å². The van der Waals surface area contributed by atoms with Crippen LogP contribution >= 0.6 is 11.3 Å². The minimum absolute atomic E-state index is 0.0338. The summed E-state index contributed by atoms with van der Waals surface area (Å²) in [5.74, 6) is 1.90. The highest BCUT2D eigenvalue weighted by Crippen LogP contribution is 2.13. The third-order valence-electron chi connectivity index (χ3n) is 2.95. The second-order valence-corrected chi connectivity index (χ2v) is 5.71. The standard InChI is InChI=1S/C13H21N5S/c1-10-14-12(16(2)3)18(5)13(15-10)17(4)8-11-6-7-19-9-11/h6-7,9-10H,8H2,1-5H3. The van der Waals surface area contributed by atoms with Gasteiger partial charge in [-0.1, -0.05) is 0 Å². The quantitative estimate of drug-likeness (QED) is 0.827. The predicted molar refractivity (Wildman–Crippen MR) is 81.6 cm³/mol. The Balaban J connectivity index is 2.15. The van der Waals surface area contributed by atoms with E-state index in [9.17, 15) is 0 Å². The highest BCUT2D eigenvalue weighted by molar-refractivity contribution is 7.07. The molecule has 1 atom stereocenters. The van der Waals surface area contributed by atoms with Crippen LogP contribution in [-0.2, 0) is 6.54 Å². The van der Waals surface area contributed by atoms with Gasteiger partial charge in [-0.25, -0.2) is 9.98 Å². The van der Waals surface area contributed by atoms with E-state index in [0.717, 1.165) is 18.5 Å². The molecule has 5 nitrogen and oxygen atoms in total. The highest BCUT2D eigenvalue weighted by atomic mass is 32.1. The minimum Gasteiger partial charge on any atom is -0.349 e. The van der Waals surface area contributed by atoms with Crippen LogP contribution in [0, 0.1) is 0 Å². The smallest absolute Gasteiger partial charge is 0.205 e. The monoisotopic (exact) mass is 279 g/mol. The number of nitrogens with zero attached hydrogens (tertiary/aromatic N) is 5. The van der Waals surface area contributed by atoms with Gasteiger partial charge in [-0.3, -0.25) is 4.90 Å². The molecule has 0 radical (unpaired) electrons. The predicted octanol–water partition coefficient (Wildman–Crippen LogP) is 1.74. The van der Waals surface area contributed by atoms with Crippen molar-refractivity contribution in [3.63, 3.8) is 0 Å². The van der Waals surface area contributed by atoms with Gasteiger partial charge in [-0.05, 0) is 29.3 Å². The van der Waals surface area contributed by atoms with Gasteiger partial charge in [0.25, 0.3) is 0 Å². The lowest BCUT2D eigenvalue weighted by Gasteiger charge is -2.35. The molecule has 1 aliphatic rings. The third-order valence-corrected chi connectivity index (χ3v) is 3.68. The van der Waals surface area contributed by atoms with Gasteiger partial charge in [0, 0.05) is 34.7 Å². The fourth-order valence-electron chi connectivity index (χ4n) is 2.12. The van der Waals surface area contributed by atoms with E-state index in [4.69, 9.17) is 0 Å². The van der Waals surface area contributed by atoms with E-state index in [1.807, 2.05) is 37.9 Å². The zero-order valence-corrected chi connectivity index (χ0v) is 13.0. The van der Waals surface area contributed by atoms with Crippen molar-refractivity contribution in [2.24, 2.45) is 9.98 Å². The molecule has 1 aliphatic heterocycles. The van der Waals surface area contributed by atoms with Crippen LogP contribution in [0.25, 0.3) is 0 Å². The molecule has 0 amide bonds. The Kier molecular flexibility index (Phi) is 4.09. The highest BCUT2D eigenvalue weighted by Gasteiger charge is 2.24. The number of guanidine groups is 2. The van der Waals surface area contributed by atoms with Gasteiger partial charge in [0.2, 0.25) is 11.9 Å². The number of hydrogen-bond donors (Lipinski definition) is 0. The van der Waals surface area contributed by atoms with Crippen molar-refractivity contribution in [2.45, 2.75) is 19.6 Å². The summed E-state index contributed by atoms with van der Waals surface area (Å²) in [6, 6.07) is 2.15. The molecule has 1 aromatic heterocycles. The average molecular weight is 279 g/mol. The summed E-state index contributed by atoms with van der Waals surface area (Å²) in [6.07, 6.45) is -0.0338. The molecule has 0 bridgehead atoms. The maximum Gasteiger partial charge on any atom is 0.205 e. The lowest BCUT2D eigenvalue weighted by atomic mass is 10.3. The normalized spacial score (nSPS) is 19.0. The topological polar surface area (TPSA) is 34.4 Å². The first-order valence-corrected chi connectivity index (χ1v) is 7.22. The van der Waals surface area contributed by atoms with Crippen LogP contribution in [0.3, 0.4) is 0 Å². The van der Waals surface area contributed by atoms with Crippen molar-refractivity contribution < 1.29 is 0 Å². The van der Waals surface area contributed by atoms with Crippen LogP contribution in [0.2, 0.25) is 0 Å². The second-order valence-electron chi connectivity index (χ2n) is 4.93. The molecule has 0 fully saturated rings. The lowest BCUT2D eigenvalue weighted by Crippen LogP contribution is -2.50. The van der Waals surface area contributed by atoms with Gasteiger partial charge in [-0.15, -0.1) is 0 Å². The van der Waals surface area contributed by atoms with Crippen LogP contribution in [-0.4, -0.2) is 61.0 Å². The van der Waals surface area contributed by atoms with Gasteiger partial charge in [0.05, 0.1) is 0 Å². The van der Waals surface area contributed by atoms with E-state index in [0.29, 0.717) is 0 Å². The Morgan fingerprint density at radius 3 is 2.53 bits per heavy atom. The van der Waals surface area contributed by atoms with Crippen LogP contribution in [0.1, 0.15) is 12.5 Å². The maximum absolute atomic E-state index is 4.63. The Hall–Kier alpha value is -1.56. The number of rotatable bonds is 2. The Bertz CT molecular complexity index is 477. The van der Waals surface area contributed by atoms with E-state index >= 15 is 0 Å². The average Bonchev–Trinajstić information content (AvgIpc) is 2.84. The second kappa shape index (κ2) is 5.61. The fourth-order valence-corrected chi connectivity index (χ4v) is 2.78. The Labute approximate surface area is 118 Å². The summed E-state index contributed by atoms with van der Waals surface area (Å²) in [7, 11) is 8.08. The summed E-state index contributed by atoms with van der Waals surface area (Å²) in [5.41, 5.74) is 1.31. The van der Waals surface area contributed by atoms with E-state index in [1.54, 1.807) is 11.3 Å². The summed E-state index contributed by atoms with van der Waals surface area (Å²) >= 11 is 1.72. The molecule has 2 rings (SSSR count). The van der Waals surface area contributed by atoms with Crippen molar-refractivity contribution in [3.05, 3.63) is 22.4 Å². The van der Waals surface area contributed by atoms with Crippen LogP contribution < -0.4 is 0 Å². The number of thiophene rings is 1. The molecule has 1 aromatic rings. The summed E-state index contributed by atoms with van der Waals surface area (Å²) in [4.78, 5) is 15.4. The molecule has 6 heteroatoms. The van der Waals surface area contributed by atoms with Gasteiger partial charge in [0.1, 0.15) is 6.17 Å². The molecular formula is C13H21N5S. The minimum atomic E-state index is -0.0338. The molecule has 1 unspecified atom stereocenters. The molecule has 104 valence electrons. The molecule has 0 aromatic carbocycles. The van der Waals surface area contributed by atoms with Crippen LogP contribution in [0.4, 0.5) is 0 Å². The number of aliphatic imine (C=N–C) groups is 2. The summed E-state index contributed by atoms with van der Waals surface area (Å²) in [5, 5.41) is 4.27. The molecule has 0 spiro atoms. The molecular weight excluding hydrogens is 258 g/mol. The molecule has 0 saturated carbocycles. The number of hydrogen-bond acceptors (Lipinski definition) is 6. The molecule has 0 aliphatic carbocycles. The molecule has 2 heterocycles. The van der Waals surface area contributed by atoms with E-state index in [-0.39, 0.29) is 6.17 Å². The summed E-state index contributed by atoms with van der Waals surface area (Å²) < 4.78 is 0. The molecule has 0 saturated heterocycles. The molecule has 0 N–H and O–H groups in total. The van der Waals surface area contributed by atoms with Crippen molar-refractivity contribution >= 4 is 23.3 Å². The van der Waals surface area contributed by atoms with Gasteiger partial charge < -0.3 is 9.80 Å². The fraction of sp³-hybridized carbons (Fsp3) is 0.538. The first-order valence-electron chi connectivity index (χ1n) is 6.28. The van der Waals surface area contributed by atoms with E-state index < -0.39 is 0 Å².